The number of hydrogen-bond acceptors (Lipinski definition) is 3. The number of aliphatic hydroxyl groups excluding tert-OH is 1. The second-order valence-electron chi connectivity index (χ2n) is 2.96. The van der Waals surface area contributed by atoms with Gasteiger partial charge in [0.2, 0.25) is 0 Å². The zero-order chi connectivity index (χ0) is 9.97. The van der Waals surface area contributed by atoms with E-state index >= 15 is 0 Å². The first-order valence-corrected chi connectivity index (χ1v) is 4.96. The van der Waals surface area contributed by atoms with Crippen LogP contribution in [0.2, 0.25) is 0 Å². The number of nitrogens with zero attached hydrogens (tertiary/aromatic N) is 1. The average molecular weight is 257 g/mol. The molecule has 0 fully saturated rings. The summed E-state index contributed by atoms with van der Waals surface area (Å²) >= 11 is 3.20. The largest absolute Gasteiger partial charge is 0.454 e. The predicted molar refractivity (Wildman–Crippen MR) is 53.7 cm³/mol. The van der Waals surface area contributed by atoms with Gasteiger partial charge in [0.1, 0.15) is 5.76 Å². The molecule has 1 atom stereocenters. The molecule has 0 saturated heterocycles. The van der Waals surface area contributed by atoms with Gasteiger partial charge in [-0.25, -0.2) is 0 Å². The molecule has 2 heterocycles. The van der Waals surface area contributed by atoms with Crippen LogP contribution in [0.15, 0.2) is 33.6 Å². The first-order chi connectivity index (χ1) is 6.75. The number of hydrogen-bond donors (Lipinski definition) is 2. The number of aliphatic hydroxyl groups is 1. The third-order valence-corrected chi connectivity index (χ3v) is 2.35. The van der Waals surface area contributed by atoms with E-state index in [4.69, 9.17) is 4.42 Å². The van der Waals surface area contributed by atoms with Crippen molar-refractivity contribution in [2.24, 2.45) is 0 Å². The van der Waals surface area contributed by atoms with Crippen molar-refractivity contribution >= 4 is 15.9 Å². The maximum Gasteiger partial charge on any atom is 0.169 e. The summed E-state index contributed by atoms with van der Waals surface area (Å²) in [6.07, 6.45) is 3.14. The fourth-order valence-corrected chi connectivity index (χ4v) is 1.55. The van der Waals surface area contributed by atoms with E-state index in [0.29, 0.717) is 11.1 Å². The molecule has 2 N–H and O–H groups in total. The summed E-state index contributed by atoms with van der Waals surface area (Å²) < 4.78 is 5.95. The maximum atomic E-state index is 9.74. The molecule has 74 valence electrons. The van der Waals surface area contributed by atoms with E-state index in [0.717, 1.165) is 11.3 Å². The Labute approximate surface area is 89.1 Å². The van der Waals surface area contributed by atoms with Crippen molar-refractivity contribution in [3.63, 3.8) is 0 Å². The van der Waals surface area contributed by atoms with Crippen molar-refractivity contribution < 1.29 is 9.52 Å². The fourth-order valence-electron chi connectivity index (χ4n) is 1.21. The standard InChI is InChI=1S/C9H9BrN2O2/c10-9-2-1-7(14-9)3-8(13)6-4-11-12-5-6/h1-2,4-5,8,13H,3H2,(H,11,12). The third kappa shape index (κ3) is 2.05. The van der Waals surface area contributed by atoms with Gasteiger partial charge in [0, 0.05) is 18.2 Å². The van der Waals surface area contributed by atoms with Gasteiger partial charge in [-0.1, -0.05) is 0 Å². The van der Waals surface area contributed by atoms with Crippen LogP contribution in [0.3, 0.4) is 0 Å². The quantitative estimate of drug-likeness (QED) is 0.884. The second-order valence-corrected chi connectivity index (χ2v) is 3.74. The van der Waals surface area contributed by atoms with Gasteiger partial charge < -0.3 is 9.52 Å². The van der Waals surface area contributed by atoms with E-state index in [1.807, 2.05) is 6.07 Å². The van der Waals surface area contributed by atoms with Crippen LogP contribution in [0.5, 0.6) is 0 Å². The molecule has 5 heteroatoms. The predicted octanol–water partition coefficient (Wildman–Crippen LogP) is 2.04. The van der Waals surface area contributed by atoms with E-state index in [9.17, 15) is 5.11 Å². The van der Waals surface area contributed by atoms with Crippen molar-refractivity contribution in [3.05, 3.63) is 40.5 Å². The van der Waals surface area contributed by atoms with E-state index in [-0.39, 0.29) is 0 Å². The van der Waals surface area contributed by atoms with Gasteiger partial charge in [-0.05, 0) is 28.1 Å². The van der Waals surface area contributed by atoms with Crippen LogP contribution in [0.1, 0.15) is 17.4 Å². The van der Waals surface area contributed by atoms with Gasteiger partial charge in [0.05, 0.1) is 12.3 Å². The monoisotopic (exact) mass is 256 g/mol. The molecule has 2 rings (SSSR count). The average Bonchev–Trinajstić information content (AvgIpc) is 2.75. The molecule has 0 spiro atoms. The minimum atomic E-state index is -0.577. The zero-order valence-corrected chi connectivity index (χ0v) is 8.86. The van der Waals surface area contributed by atoms with Gasteiger partial charge in [-0.3, -0.25) is 5.10 Å². The molecule has 1 unspecified atom stereocenters. The zero-order valence-electron chi connectivity index (χ0n) is 7.27. The van der Waals surface area contributed by atoms with Gasteiger partial charge in [-0.2, -0.15) is 5.10 Å². The molecule has 0 aromatic carbocycles. The van der Waals surface area contributed by atoms with Gasteiger partial charge in [0.25, 0.3) is 0 Å². The lowest BCUT2D eigenvalue weighted by Gasteiger charge is -2.04. The van der Waals surface area contributed by atoms with Crippen LogP contribution in [0.4, 0.5) is 0 Å². The Morgan fingerprint density at radius 3 is 3.00 bits per heavy atom. The lowest BCUT2D eigenvalue weighted by Crippen LogP contribution is -1.99. The number of nitrogens with one attached hydrogen (secondary N) is 1. The minimum absolute atomic E-state index is 0.450. The lowest BCUT2D eigenvalue weighted by atomic mass is 10.1. The summed E-state index contributed by atoms with van der Waals surface area (Å²) in [7, 11) is 0. The first kappa shape index (κ1) is 9.48. The number of aromatic nitrogens is 2. The van der Waals surface area contributed by atoms with Crippen LogP contribution in [0, 0.1) is 0 Å². The van der Waals surface area contributed by atoms with Crippen LogP contribution in [-0.2, 0) is 6.42 Å². The normalized spacial score (nSPS) is 13.0. The third-order valence-electron chi connectivity index (χ3n) is 1.93. The van der Waals surface area contributed by atoms with Crippen molar-refractivity contribution in [2.45, 2.75) is 12.5 Å². The molecule has 0 amide bonds. The molecular formula is C9H9BrN2O2. The van der Waals surface area contributed by atoms with E-state index in [1.54, 1.807) is 18.5 Å². The highest BCUT2D eigenvalue weighted by atomic mass is 79.9. The van der Waals surface area contributed by atoms with E-state index in [2.05, 4.69) is 26.1 Å². The Morgan fingerprint density at radius 1 is 1.57 bits per heavy atom. The van der Waals surface area contributed by atoms with E-state index < -0.39 is 6.10 Å². The van der Waals surface area contributed by atoms with Crippen molar-refractivity contribution in [1.82, 2.24) is 10.2 Å². The topological polar surface area (TPSA) is 62.1 Å². The molecule has 0 bridgehead atoms. The van der Waals surface area contributed by atoms with Crippen molar-refractivity contribution in [2.75, 3.05) is 0 Å². The summed E-state index contributed by atoms with van der Waals surface area (Å²) in [5.41, 5.74) is 0.762. The summed E-state index contributed by atoms with van der Waals surface area (Å²) in [6, 6.07) is 3.63. The van der Waals surface area contributed by atoms with Crippen LogP contribution in [0.25, 0.3) is 0 Å². The second kappa shape index (κ2) is 3.98. The van der Waals surface area contributed by atoms with E-state index in [1.165, 1.54) is 0 Å². The molecule has 14 heavy (non-hydrogen) atoms. The SMILES string of the molecule is OC(Cc1ccc(Br)o1)c1cn[nH]c1. The molecule has 4 nitrogen and oxygen atoms in total. The molecule has 2 aromatic heterocycles. The Kier molecular flexibility index (Phi) is 2.69. The smallest absolute Gasteiger partial charge is 0.169 e. The first-order valence-electron chi connectivity index (χ1n) is 4.16. The Morgan fingerprint density at radius 2 is 2.43 bits per heavy atom. The summed E-state index contributed by atoms with van der Waals surface area (Å²) in [5, 5.41) is 16.2. The molecule has 2 aromatic rings. The lowest BCUT2D eigenvalue weighted by molar-refractivity contribution is 0.170. The maximum absolute atomic E-state index is 9.74. The molecular weight excluding hydrogens is 248 g/mol. The highest BCUT2D eigenvalue weighted by Crippen LogP contribution is 2.20. The minimum Gasteiger partial charge on any atom is -0.454 e. The Hall–Kier alpha value is -1.07. The Balaban J connectivity index is 2.05. The number of furan rings is 1. The van der Waals surface area contributed by atoms with Crippen LogP contribution < -0.4 is 0 Å². The number of aromatic amines is 1. The van der Waals surface area contributed by atoms with Crippen molar-refractivity contribution in [3.8, 4) is 0 Å². The molecule has 0 aliphatic carbocycles. The molecule has 0 aliphatic rings. The fraction of sp³-hybridized carbons (Fsp3) is 0.222. The van der Waals surface area contributed by atoms with Gasteiger partial charge in [0.15, 0.2) is 4.67 Å². The number of rotatable bonds is 3. The van der Waals surface area contributed by atoms with Crippen LogP contribution >= 0.6 is 15.9 Å². The summed E-state index contributed by atoms with van der Waals surface area (Å²) in [4.78, 5) is 0. The molecule has 0 saturated carbocycles. The highest BCUT2D eigenvalue weighted by molar-refractivity contribution is 9.10. The van der Waals surface area contributed by atoms with Crippen molar-refractivity contribution in [1.29, 1.82) is 0 Å². The number of H-pyrrole nitrogens is 1. The Bertz CT molecular complexity index is 397. The number of halogens is 1. The molecule has 0 aliphatic heterocycles. The highest BCUT2D eigenvalue weighted by Gasteiger charge is 2.11. The molecule has 0 radical (unpaired) electrons. The summed E-state index contributed by atoms with van der Waals surface area (Å²) in [5.74, 6) is 0.741. The van der Waals surface area contributed by atoms with Gasteiger partial charge >= 0.3 is 0 Å². The van der Waals surface area contributed by atoms with Gasteiger partial charge in [-0.15, -0.1) is 0 Å². The van der Waals surface area contributed by atoms with Crippen LogP contribution in [-0.4, -0.2) is 15.3 Å². The summed E-state index contributed by atoms with van der Waals surface area (Å²) in [6.45, 7) is 0.